The molecule has 1 atom stereocenters. The number of carboxylic acid groups (broad SMARTS) is 1. The van der Waals surface area contributed by atoms with E-state index in [1.54, 1.807) is 24.3 Å². The smallest absolute Gasteiger partial charge is 0.336 e. The number of nitrogens with zero attached hydrogens (tertiary/aromatic N) is 1. The zero-order valence-electron chi connectivity index (χ0n) is 16.2. The minimum absolute atomic E-state index is 0.00850. The van der Waals surface area contributed by atoms with E-state index in [-0.39, 0.29) is 22.7 Å². The summed E-state index contributed by atoms with van der Waals surface area (Å²) in [5.74, 6) is -0.991. The van der Waals surface area contributed by atoms with Gasteiger partial charge in [0.25, 0.3) is 0 Å². The van der Waals surface area contributed by atoms with Crippen molar-refractivity contribution in [1.82, 2.24) is 10.2 Å². The Labute approximate surface area is 173 Å². The number of carboxylic acids is 1. The zero-order chi connectivity index (χ0) is 20.6. The van der Waals surface area contributed by atoms with Crippen LogP contribution in [0.25, 0.3) is 0 Å². The van der Waals surface area contributed by atoms with Gasteiger partial charge in [0.15, 0.2) is 0 Å². The molecule has 2 aromatic rings. The Kier molecular flexibility index (Phi) is 5.36. The molecule has 29 heavy (non-hydrogen) atoms. The lowest BCUT2D eigenvalue weighted by Gasteiger charge is -2.48. The predicted octanol–water partition coefficient (Wildman–Crippen LogP) is 3.69. The first-order chi connectivity index (χ1) is 13.9. The molecule has 0 spiro atoms. The van der Waals surface area contributed by atoms with Crippen molar-refractivity contribution in [2.24, 2.45) is 0 Å². The Morgan fingerprint density at radius 2 is 1.90 bits per heavy atom. The fraction of sp³-hybridized carbons (Fsp3) is 0.364. The third kappa shape index (κ3) is 3.42. The molecular formula is C22H23FN2O3S. The summed E-state index contributed by atoms with van der Waals surface area (Å²) >= 11 is 1.51. The van der Waals surface area contributed by atoms with Crippen LogP contribution in [0.5, 0.6) is 0 Å². The van der Waals surface area contributed by atoms with Gasteiger partial charge >= 0.3 is 5.97 Å². The van der Waals surface area contributed by atoms with Gasteiger partial charge in [-0.05, 0) is 67.7 Å². The number of benzene rings is 2. The molecular weight excluding hydrogens is 391 g/mol. The van der Waals surface area contributed by atoms with E-state index in [0.29, 0.717) is 31.7 Å². The molecule has 2 heterocycles. The summed E-state index contributed by atoms with van der Waals surface area (Å²) in [6, 6.07) is 11.5. The second-order valence-electron chi connectivity index (χ2n) is 7.56. The van der Waals surface area contributed by atoms with Crippen LogP contribution in [-0.4, -0.2) is 40.7 Å². The van der Waals surface area contributed by atoms with Gasteiger partial charge < -0.3 is 15.3 Å². The second-order valence-corrected chi connectivity index (χ2v) is 8.63. The molecule has 2 saturated heterocycles. The molecule has 0 bridgehead atoms. The van der Waals surface area contributed by atoms with Crippen molar-refractivity contribution >= 4 is 23.6 Å². The molecule has 1 amide bonds. The SMILES string of the molecule is Cc1cccc(C(=O)O)c1C1(N2C(=O)CSC2c2ccc(F)cc2)CCNCC1. The maximum absolute atomic E-state index is 13.5. The van der Waals surface area contributed by atoms with Crippen molar-refractivity contribution in [2.45, 2.75) is 30.7 Å². The summed E-state index contributed by atoms with van der Waals surface area (Å²) in [4.78, 5) is 27.1. The highest BCUT2D eigenvalue weighted by Crippen LogP contribution is 2.51. The molecule has 2 aromatic carbocycles. The molecule has 2 aliphatic rings. The quantitative estimate of drug-likeness (QED) is 0.799. The van der Waals surface area contributed by atoms with Crippen LogP contribution in [0.15, 0.2) is 42.5 Å². The lowest BCUT2D eigenvalue weighted by atomic mass is 9.75. The van der Waals surface area contributed by atoms with Crippen LogP contribution in [-0.2, 0) is 10.3 Å². The Hall–Kier alpha value is -2.38. The van der Waals surface area contributed by atoms with Crippen molar-refractivity contribution in [3.8, 4) is 0 Å². The number of hydrogen-bond acceptors (Lipinski definition) is 4. The van der Waals surface area contributed by atoms with E-state index in [1.807, 2.05) is 17.9 Å². The molecule has 4 rings (SSSR count). The minimum atomic E-state index is -0.987. The number of piperidine rings is 1. The van der Waals surface area contributed by atoms with E-state index >= 15 is 0 Å². The molecule has 7 heteroatoms. The van der Waals surface area contributed by atoms with Crippen LogP contribution in [0, 0.1) is 12.7 Å². The van der Waals surface area contributed by atoms with Crippen LogP contribution in [0.3, 0.4) is 0 Å². The first kappa shape index (κ1) is 19.9. The van der Waals surface area contributed by atoms with E-state index in [4.69, 9.17) is 0 Å². The van der Waals surface area contributed by atoms with Crippen molar-refractivity contribution in [3.63, 3.8) is 0 Å². The summed E-state index contributed by atoms with van der Waals surface area (Å²) in [6.07, 6.45) is 1.25. The first-order valence-electron chi connectivity index (χ1n) is 9.67. The molecule has 0 aromatic heterocycles. The molecule has 0 radical (unpaired) electrons. The van der Waals surface area contributed by atoms with E-state index in [9.17, 15) is 19.1 Å². The minimum Gasteiger partial charge on any atom is -0.478 e. The van der Waals surface area contributed by atoms with Gasteiger partial charge in [-0.25, -0.2) is 9.18 Å². The van der Waals surface area contributed by atoms with Crippen LogP contribution < -0.4 is 5.32 Å². The van der Waals surface area contributed by atoms with Crippen molar-refractivity contribution in [3.05, 3.63) is 70.5 Å². The number of aryl methyl sites for hydroxylation is 1. The van der Waals surface area contributed by atoms with Gasteiger partial charge in [0.05, 0.1) is 16.9 Å². The summed E-state index contributed by atoms with van der Waals surface area (Å²) < 4.78 is 13.5. The number of thioether (sulfide) groups is 1. The standard InChI is InChI=1S/C22H23FN2O3S/c1-14-3-2-4-17(21(27)28)19(14)22(9-11-24-12-10-22)25-18(26)13-29-20(25)15-5-7-16(23)8-6-15/h2-8,20,24H,9-13H2,1H3,(H,27,28). The van der Waals surface area contributed by atoms with E-state index in [2.05, 4.69) is 5.32 Å². The third-order valence-electron chi connectivity index (χ3n) is 5.88. The second kappa shape index (κ2) is 7.80. The number of aromatic carboxylic acids is 1. The number of hydrogen-bond donors (Lipinski definition) is 2. The molecule has 0 saturated carbocycles. The van der Waals surface area contributed by atoms with Crippen LogP contribution in [0.2, 0.25) is 0 Å². The molecule has 0 aliphatic carbocycles. The van der Waals surface area contributed by atoms with Gasteiger partial charge in [0.2, 0.25) is 5.91 Å². The molecule has 2 aliphatic heterocycles. The summed E-state index contributed by atoms with van der Waals surface area (Å²) in [7, 11) is 0. The fourth-order valence-electron chi connectivity index (χ4n) is 4.68. The lowest BCUT2D eigenvalue weighted by Crippen LogP contribution is -2.54. The first-order valence-corrected chi connectivity index (χ1v) is 10.7. The van der Waals surface area contributed by atoms with E-state index in [0.717, 1.165) is 16.7 Å². The maximum Gasteiger partial charge on any atom is 0.336 e. The van der Waals surface area contributed by atoms with Gasteiger partial charge in [0, 0.05) is 0 Å². The van der Waals surface area contributed by atoms with E-state index in [1.165, 1.54) is 23.9 Å². The number of amides is 1. The van der Waals surface area contributed by atoms with Gasteiger partial charge in [-0.3, -0.25) is 4.79 Å². The average Bonchev–Trinajstić information content (AvgIpc) is 3.11. The van der Waals surface area contributed by atoms with Crippen LogP contribution in [0.4, 0.5) is 4.39 Å². The summed E-state index contributed by atoms with van der Waals surface area (Å²) in [6.45, 7) is 3.29. The monoisotopic (exact) mass is 414 g/mol. The van der Waals surface area contributed by atoms with Crippen molar-refractivity contribution in [2.75, 3.05) is 18.8 Å². The van der Waals surface area contributed by atoms with Crippen LogP contribution >= 0.6 is 11.8 Å². The fourth-order valence-corrected chi connectivity index (χ4v) is 5.93. The normalized spacial score (nSPS) is 21.4. The largest absolute Gasteiger partial charge is 0.478 e. The third-order valence-corrected chi connectivity index (χ3v) is 7.10. The zero-order valence-corrected chi connectivity index (χ0v) is 17.0. The van der Waals surface area contributed by atoms with E-state index < -0.39 is 11.5 Å². The predicted molar refractivity (Wildman–Crippen MR) is 110 cm³/mol. The molecule has 2 N–H and O–H groups in total. The Bertz CT molecular complexity index is 942. The molecule has 152 valence electrons. The Morgan fingerprint density at radius 1 is 1.21 bits per heavy atom. The summed E-state index contributed by atoms with van der Waals surface area (Å²) in [5.41, 5.74) is 1.97. The Balaban J connectivity index is 1.90. The summed E-state index contributed by atoms with van der Waals surface area (Å²) in [5, 5.41) is 13.0. The number of halogens is 1. The lowest BCUT2D eigenvalue weighted by molar-refractivity contribution is -0.136. The number of carbonyl (C=O) groups is 2. The maximum atomic E-state index is 13.5. The number of rotatable bonds is 4. The van der Waals surface area contributed by atoms with Gasteiger partial charge in [-0.1, -0.05) is 24.3 Å². The highest BCUT2D eigenvalue weighted by molar-refractivity contribution is 8.00. The van der Waals surface area contributed by atoms with Crippen molar-refractivity contribution in [1.29, 1.82) is 0 Å². The molecule has 5 nitrogen and oxygen atoms in total. The van der Waals surface area contributed by atoms with Crippen molar-refractivity contribution < 1.29 is 19.1 Å². The number of carbonyl (C=O) groups excluding carboxylic acids is 1. The average molecular weight is 415 g/mol. The molecule has 2 fully saturated rings. The highest BCUT2D eigenvalue weighted by Gasteiger charge is 2.50. The number of nitrogens with one attached hydrogen (secondary N) is 1. The van der Waals surface area contributed by atoms with Gasteiger partial charge in [-0.2, -0.15) is 0 Å². The van der Waals surface area contributed by atoms with Crippen LogP contribution in [0.1, 0.15) is 45.3 Å². The highest BCUT2D eigenvalue weighted by atomic mass is 32.2. The Morgan fingerprint density at radius 3 is 2.55 bits per heavy atom. The molecule has 1 unspecified atom stereocenters. The van der Waals surface area contributed by atoms with Gasteiger partial charge in [0.1, 0.15) is 11.2 Å². The topological polar surface area (TPSA) is 69.6 Å². The van der Waals surface area contributed by atoms with Gasteiger partial charge in [-0.15, -0.1) is 11.8 Å².